The van der Waals surface area contributed by atoms with Crippen LogP contribution in [-0.2, 0) is 9.47 Å². The van der Waals surface area contributed by atoms with Crippen molar-refractivity contribution in [3.05, 3.63) is 47.8 Å². The average Bonchev–Trinajstić information content (AvgIpc) is 2.62. The molecule has 0 amide bonds. The Morgan fingerprint density at radius 1 is 1.07 bits per heavy atom. The molecule has 0 aliphatic rings. The number of aromatic nitrogens is 2. The van der Waals surface area contributed by atoms with E-state index in [1.807, 2.05) is 50.2 Å². The van der Waals surface area contributed by atoms with Gasteiger partial charge in [-0.2, -0.15) is 0 Å². The Hall–Kier alpha value is -2.62. The van der Waals surface area contributed by atoms with E-state index in [1.54, 1.807) is 14.2 Å². The summed E-state index contributed by atoms with van der Waals surface area (Å²) in [5, 5.41) is 9.55. The Morgan fingerprint density at radius 2 is 1.70 bits per heavy atom. The molecular weight excluding hydrogens is 364 g/mol. The van der Waals surface area contributed by atoms with Crippen LogP contribution in [0.25, 0.3) is 0 Å². The molecule has 0 bridgehead atoms. The van der Waals surface area contributed by atoms with Crippen molar-refractivity contribution < 1.29 is 9.47 Å². The number of ether oxygens (including phenoxy) is 2. The van der Waals surface area contributed by atoms with E-state index in [9.17, 15) is 0 Å². The molecule has 0 radical (unpaired) electrons. The van der Waals surface area contributed by atoms with Gasteiger partial charge >= 0.3 is 0 Å². The van der Waals surface area contributed by atoms with Gasteiger partial charge in [0.05, 0.1) is 6.54 Å². The van der Waals surface area contributed by atoms with E-state index in [-0.39, 0.29) is 6.54 Å². The van der Waals surface area contributed by atoms with Crippen LogP contribution in [0.4, 0.5) is 11.6 Å². The van der Waals surface area contributed by atoms with Gasteiger partial charge in [0.25, 0.3) is 0 Å². The first-order chi connectivity index (χ1) is 13.0. The van der Waals surface area contributed by atoms with Gasteiger partial charge in [-0.1, -0.05) is 18.2 Å². The van der Waals surface area contributed by atoms with E-state index < -0.39 is 6.29 Å². The molecule has 0 unspecified atom stereocenters. The molecule has 1 aromatic heterocycles. The van der Waals surface area contributed by atoms with Crippen LogP contribution in [-0.4, -0.2) is 48.1 Å². The number of benzene rings is 1. The minimum Gasteiger partial charge on any atom is -0.354 e. The van der Waals surface area contributed by atoms with Crippen LogP contribution in [0.3, 0.4) is 0 Å². The fraction of sp³-hybridized carbons (Fsp3) is 0.333. The number of hydrogen-bond acceptors (Lipinski definition) is 6. The molecule has 3 N–H and O–H groups in total. The molecule has 144 valence electrons. The molecule has 2 aromatic rings. The maximum atomic E-state index is 5.37. The standard InChI is InChI=1S/C18H24N6O2S/c1-12-10-13(2)21-17(20-12)23-16(19-11-15(25-3)26-4)24-18(27)22-14-8-6-5-7-9-14/h5-10,15H,11H2,1-4H3,(H3,19,20,21,22,23,24,27). The summed E-state index contributed by atoms with van der Waals surface area (Å²) >= 11 is 5.37. The lowest BCUT2D eigenvalue weighted by Gasteiger charge is -2.16. The molecule has 2 rings (SSSR count). The van der Waals surface area contributed by atoms with Gasteiger partial charge in [0.2, 0.25) is 11.9 Å². The monoisotopic (exact) mass is 388 g/mol. The first kappa shape index (κ1) is 20.7. The zero-order valence-corrected chi connectivity index (χ0v) is 16.6. The molecule has 0 saturated heterocycles. The molecule has 0 spiro atoms. The molecule has 1 aromatic carbocycles. The number of nitrogens with one attached hydrogen (secondary N) is 3. The molecule has 9 heteroatoms. The number of thiocarbonyl (C=S) groups is 1. The molecule has 27 heavy (non-hydrogen) atoms. The van der Waals surface area contributed by atoms with Crippen LogP contribution >= 0.6 is 12.2 Å². The molecule has 0 atom stereocenters. The van der Waals surface area contributed by atoms with Gasteiger partial charge in [-0.25, -0.2) is 15.0 Å². The van der Waals surface area contributed by atoms with Gasteiger partial charge in [-0.15, -0.1) is 0 Å². The highest BCUT2D eigenvalue weighted by Crippen LogP contribution is 2.06. The third kappa shape index (κ3) is 7.26. The van der Waals surface area contributed by atoms with Gasteiger partial charge < -0.3 is 20.1 Å². The van der Waals surface area contributed by atoms with E-state index in [2.05, 4.69) is 30.9 Å². The van der Waals surface area contributed by atoms with Crippen molar-refractivity contribution in [2.24, 2.45) is 4.99 Å². The highest BCUT2D eigenvalue weighted by atomic mass is 32.1. The van der Waals surface area contributed by atoms with Crippen LogP contribution in [0.2, 0.25) is 0 Å². The van der Waals surface area contributed by atoms with Gasteiger partial charge in [-0.3, -0.25) is 5.32 Å². The van der Waals surface area contributed by atoms with Crippen LogP contribution in [0.5, 0.6) is 0 Å². The predicted octanol–water partition coefficient (Wildman–Crippen LogP) is 2.47. The molecule has 0 fully saturated rings. The SMILES string of the molecule is COC(CN=C(NC(=S)Nc1ccccc1)Nc1nc(C)cc(C)n1)OC. The molecule has 1 heterocycles. The third-order valence-electron chi connectivity index (χ3n) is 3.40. The first-order valence-corrected chi connectivity index (χ1v) is 8.73. The van der Waals surface area contributed by atoms with Crippen molar-refractivity contribution in [1.82, 2.24) is 15.3 Å². The Morgan fingerprint density at radius 3 is 2.30 bits per heavy atom. The van der Waals surface area contributed by atoms with Crippen molar-refractivity contribution in [1.29, 1.82) is 0 Å². The second-order valence-electron chi connectivity index (χ2n) is 5.63. The number of anilines is 2. The number of guanidine groups is 1. The number of para-hydroxylation sites is 1. The maximum Gasteiger partial charge on any atom is 0.229 e. The van der Waals surface area contributed by atoms with Crippen molar-refractivity contribution in [3.8, 4) is 0 Å². The summed E-state index contributed by atoms with van der Waals surface area (Å²) in [6.45, 7) is 4.07. The Bertz CT molecular complexity index is 760. The van der Waals surface area contributed by atoms with Gasteiger partial charge in [-0.05, 0) is 44.3 Å². The fourth-order valence-corrected chi connectivity index (χ4v) is 2.42. The second-order valence-corrected chi connectivity index (χ2v) is 6.04. The molecule has 0 aliphatic heterocycles. The Kier molecular flexibility index (Phi) is 8.05. The maximum absolute atomic E-state index is 5.37. The number of aliphatic imine (C=N–C) groups is 1. The molecule has 0 saturated carbocycles. The largest absolute Gasteiger partial charge is 0.354 e. The lowest BCUT2D eigenvalue weighted by atomic mass is 10.3. The lowest BCUT2D eigenvalue weighted by Crippen LogP contribution is -2.39. The topological polar surface area (TPSA) is 92.7 Å². The highest BCUT2D eigenvalue weighted by Gasteiger charge is 2.09. The molecular formula is C18H24N6O2S. The second kappa shape index (κ2) is 10.5. The van der Waals surface area contributed by atoms with E-state index >= 15 is 0 Å². The smallest absolute Gasteiger partial charge is 0.229 e. The fourth-order valence-electron chi connectivity index (χ4n) is 2.20. The zero-order valence-electron chi connectivity index (χ0n) is 15.8. The van der Waals surface area contributed by atoms with E-state index in [0.29, 0.717) is 17.0 Å². The average molecular weight is 388 g/mol. The van der Waals surface area contributed by atoms with Crippen molar-refractivity contribution in [2.45, 2.75) is 20.1 Å². The lowest BCUT2D eigenvalue weighted by molar-refractivity contribution is -0.0937. The zero-order chi connectivity index (χ0) is 19.6. The summed E-state index contributed by atoms with van der Waals surface area (Å²) < 4.78 is 10.3. The van der Waals surface area contributed by atoms with Gasteiger partial charge in [0, 0.05) is 31.3 Å². The molecule has 0 aliphatic carbocycles. The van der Waals surface area contributed by atoms with Crippen molar-refractivity contribution in [3.63, 3.8) is 0 Å². The summed E-state index contributed by atoms with van der Waals surface area (Å²) in [4.78, 5) is 13.2. The Balaban J connectivity index is 2.13. The minimum atomic E-state index is -0.473. The van der Waals surface area contributed by atoms with Gasteiger partial charge in [0.1, 0.15) is 0 Å². The van der Waals surface area contributed by atoms with E-state index in [0.717, 1.165) is 17.1 Å². The summed E-state index contributed by atoms with van der Waals surface area (Å²) in [5.41, 5.74) is 2.56. The number of aryl methyl sites for hydroxylation is 2. The van der Waals surface area contributed by atoms with E-state index in [1.165, 1.54) is 0 Å². The first-order valence-electron chi connectivity index (χ1n) is 8.32. The predicted molar refractivity (Wildman–Crippen MR) is 111 cm³/mol. The summed E-state index contributed by atoms with van der Waals surface area (Å²) in [6.07, 6.45) is -0.473. The molecule has 8 nitrogen and oxygen atoms in total. The number of methoxy groups -OCH3 is 2. The Labute approximate surface area is 164 Å². The minimum absolute atomic E-state index is 0.265. The third-order valence-corrected chi connectivity index (χ3v) is 3.60. The van der Waals surface area contributed by atoms with Crippen LogP contribution < -0.4 is 16.0 Å². The number of hydrogen-bond donors (Lipinski definition) is 3. The normalized spacial score (nSPS) is 11.4. The van der Waals surface area contributed by atoms with Crippen molar-refractivity contribution in [2.75, 3.05) is 31.4 Å². The van der Waals surface area contributed by atoms with Crippen LogP contribution in [0, 0.1) is 13.8 Å². The van der Waals surface area contributed by atoms with Crippen LogP contribution in [0.1, 0.15) is 11.4 Å². The van der Waals surface area contributed by atoms with Gasteiger partial charge in [0.15, 0.2) is 11.4 Å². The summed E-state index contributed by atoms with van der Waals surface area (Å²) in [5.74, 6) is 0.806. The van der Waals surface area contributed by atoms with E-state index in [4.69, 9.17) is 21.7 Å². The van der Waals surface area contributed by atoms with Crippen molar-refractivity contribution >= 4 is 34.9 Å². The number of rotatable bonds is 6. The summed E-state index contributed by atoms with van der Waals surface area (Å²) in [6, 6.07) is 11.5. The van der Waals surface area contributed by atoms with Crippen LogP contribution in [0.15, 0.2) is 41.4 Å². The quantitative estimate of drug-likeness (QED) is 0.301. The summed E-state index contributed by atoms with van der Waals surface area (Å²) in [7, 11) is 3.11. The highest BCUT2D eigenvalue weighted by molar-refractivity contribution is 7.80. The number of nitrogens with zero attached hydrogens (tertiary/aromatic N) is 3.